The van der Waals surface area contributed by atoms with Gasteiger partial charge in [0, 0.05) is 32.1 Å². The van der Waals surface area contributed by atoms with Gasteiger partial charge in [-0.05, 0) is 6.42 Å². The molecule has 1 unspecified atom stereocenters. The lowest BCUT2D eigenvalue weighted by atomic mass is 10.2. The van der Waals surface area contributed by atoms with Crippen LogP contribution >= 0.6 is 0 Å². The maximum Gasteiger partial charge on any atom is 0.223 e. The first kappa shape index (κ1) is 8.34. The molecular weight excluding hydrogens is 168 g/mol. The second kappa shape index (κ2) is 2.90. The van der Waals surface area contributed by atoms with Crippen molar-refractivity contribution in [2.45, 2.75) is 18.9 Å². The van der Waals surface area contributed by atoms with Crippen LogP contribution in [-0.2, 0) is 4.79 Å². The van der Waals surface area contributed by atoms with E-state index in [4.69, 9.17) is 11.1 Å². The van der Waals surface area contributed by atoms with E-state index in [0.717, 1.165) is 19.5 Å². The van der Waals surface area contributed by atoms with Crippen LogP contribution in [0.15, 0.2) is 0 Å². The molecule has 2 saturated heterocycles. The maximum absolute atomic E-state index is 11.3. The van der Waals surface area contributed by atoms with Crippen molar-refractivity contribution in [2.24, 2.45) is 5.73 Å². The van der Waals surface area contributed by atoms with Crippen molar-refractivity contribution in [3.05, 3.63) is 0 Å². The highest BCUT2D eigenvalue weighted by Gasteiger charge is 2.35. The van der Waals surface area contributed by atoms with Gasteiger partial charge >= 0.3 is 0 Å². The third kappa shape index (κ3) is 1.34. The molecule has 0 aromatic rings. The molecule has 0 aliphatic carbocycles. The van der Waals surface area contributed by atoms with E-state index in [-0.39, 0.29) is 11.9 Å². The number of nitrogens with zero attached hydrogens (tertiary/aromatic N) is 2. The Morgan fingerprint density at radius 3 is 3.00 bits per heavy atom. The van der Waals surface area contributed by atoms with Gasteiger partial charge in [-0.3, -0.25) is 10.2 Å². The van der Waals surface area contributed by atoms with E-state index in [1.54, 1.807) is 0 Å². The van der Waals surface area contributed by atoms with Crippen LogP contribution in [0.1, 0.15) is 12.8 Å². The average molecular weight is 182 g/mol. The van der Waals surface area contributed by atoms with Crippen LogP contribution in [-0.4, -0.2) is 47.3 Å². The monoisotopic (exact) mass is 182 g/mol. The van der Waals surface area contributed by atoms with Gasteiger partial charge in [0.15, 0.2) is 5.96 Å². The lowest BCUT2D eigenvalue weighted by Crippen LogP contribution is -2.54. The molecule has 3 N–H and O–H groups in total. The number of nitrogens with one attached hydrogen (secondary N) is 1. The van der Waals surface area contributed by atoms with Crippen molar-refractivity contribution in [1.82, 2.24) is 9.80 Å². The highest BCUT2D eigenvalue weighted by molar-refractivity contribution is 5.80. The van der Waals surface area contributed by atoms with Crippen LogP contribution in [0.2, 0.25) is 0 Å². The highest BCUT2D eigenvalue weighted by atomic mass is 16.2. The van der Waals surface area contributed by atoms with Gasteiger partial charge in [-0.1, -0.05) is 0 Å². The Labute approximate surface area is 77.0 Å². The Hall–Kier alpha value is -1.26. The maximum atomic E-state index is 11.3. The number of hydrogen-bond donors (Lipinski definition) is 2. The Kier molecular flexibility index (Phi) is 1.86. The molecule has 1 amide bonds. The molecule has 0 aromatic heterocycles. The molecule has 13 heavy (non-hydrogen) atoms. The van der Waals surface area contributed by atoms with E-state index in [2.05, 4.69) is 0 Å². The zero-order valence-corrected chi connectivity index (χ0v) is 7.49. The first-order valence-corrected chi connectivity index (χ1v) is 4.57. The van der Waals surface area contributed by atoms with Gasteiger partial charge in [0.2, 0.25) is 5.91 Å². The van der Waals surface area contributed by atoms with Gasteiger partial charge in [0.25, 0.3) is 0 Å². The van der Waals surface area contributed by atoms with E-state index in [9.17, 15) is 4.79 Å². The predicted octanol–water partition coefficient (Wildman–Crippen LogP) is -0.814. The third-order valence-corrected chi connectivity index (χ3v) is 2.84. The summed E-state index contributed by atoms with van der Waals surface area (Å²) in [7, 11) is 0. The summed E-state index contributed by atoms with van der Waals surface area (Å²) in [6.07, 6.45) is 1.58. The number of fused-ring (bicyclic) bond motifs is 1. The molecule has 72 valence electrons. The molecular formula is C8H14N4O. The van der Waals surface area contributed by atoms with Crippen LogP contribution in [0.4, 0.5) is 0 Å². The zero-order valence-electron chi connectivity index (χ0n) is 7.49. The number of rotatable bonds is 0. The molecule has 2 aliphatic heterocycles. The Morgan fingerprint density at radius 1 is 1.54 bits per heavy atom. The minimum absolute atomic E-state index is 0.124. The van der Waals surface area contributed by atoms with E-state index in [1.165, 1.54) is 0 Å². The van der Waals surface area contributed by atoms with E-state index < -0.39 is 0 Å². The second-order valence-corrected chi connectivity index (χ2v) is 3.61. The number of amides is 1. The van der Waals surface area contributed by atoms with Crippen molar-refractivity contribution in [1.29, 1.82) is 5.41 Å². The summed E-state index contributed by atoms with van der Waals surface area (Å²) in [6.45, 7) is 2.17. The summed E-state index contributed by atoms with van der Waals surface area (Å²) >= 11 is 0. The average Bonchev–Trinajstić information content (AvgIpc) is 2.47. The molecule has 1 atom stereocenters. The number of carbonyl (C=O) groups excluding carboxylic acids is 1. The minimum atomic E-state index is 0.124. The first-order chi connectivity index (χ1) is 6.18. The van der Waals surface area contributed by atoms with Crippen molar-refractivity contribution >= 4 is 11.9 Å². The van der Waals surface area contributed by atoms with Crippen molar-refractivity contribution < 1.29 is 4.79 Å². The summed E-state index contributed by atoms with van der Waals surface area (Å²) in [6, 6.07) is 0.296. The van der Waals surface area contributed by atoms with Crippen molar-refractivity contribution in [2.75, 3.05) is 19.6 Å². The summed E-state index contributed by atoms with van der Waals surface area (Å²) < 4.78 is 0. The SMILES string of the molecule is N=C(N)N1CCN2C(=O)CCC2C1. The van der Waals surface area contributed by atoms with Crippen molar-refractivity contribution in [3.8, 4) is 0 Å². The molecule has 2 heterocycles. The number of piperazine rings is 1. The zero-order chi connectivity index (χ0) is 9.42. The van der Waals surface area contributed by atoms with Gasteiger partial charge < -0.3 is 15.5 Å². The van der Waals surface area contributed by atoms with Crippen molar-refractivity contribution in [3.63, 3.8) is 0 Å². The molecule has 0 bridgehead atoms. The Balaban J connectivity index is 2.03. The number of hydrogen-bond acceptors (Lipinski definition) is 2. The van der Waals surface area contributed by atoms with Gasteiger partial charge in [0.05, 0.1) is 0 Å². The summed E-state index contributed by atoms with van der Waals surface area (Å²) in [5.74, 6) is 0.382. The highest BCUT2D eigenvalue weighted by Crippen LogP contribution is 2.22. The fourth-order valence-corrected chi connectivity index (χ4v) is 2.08. The lowest BCUT2D eigenvalue weighted by molar-refractivity contribution is -0.130. The fraction of sp³-hybridized carbons (Fsp3) is 0.750. The molecule has 0 spiro atoms. The molecule has 0 radical (unpaired) electrons. The van der Waals surface area contributed by atoms with E-state index in [1.807, 2.05) is 9.80 Å². The quantitative estimate of drug-likeness (QED) is 0.380. The second-order valence-electron chi connectivity index (χ2n) is 3.61. The molecule has 2 aliphatic rings. The Morgan fingerprint density at radius 2 is 2.31 bits per heavy atom. The molecule has 2 rings (SSSR count). The molecule has 0 aromatic carbocycles. The van der Waals surface area contributed by atoms with Crippen LogP contribution in [0.3, 0.4) is 0 Å². The molecule has 5 heteroatoms. The normalized spacial score (nSPS) is 27.7. The summed E-state index contributed by atoms with van der Waals surface area (Å²) in [5.41, 5.74) is 5.39. The van der Waals surface area contributed by atoms with Gasteiger partial charge in [-0.25, -0.2) is 0 Å². The Bertz CT molecular complexity index is 253. The van der Waals surface area contributed by atoms with Gasteiger partial charge in [0.1, 0.15) is 0 Å². The minimum Gasteiger partial charge on any atom is -0.370 e. The molecule has 2 fully saturated rings. The molecule has 0 saturated carbocycles. The predicted molar refractivity (Wildman–Crippen MR) is 48.2 cm³/mol. The first-order valence-electron chi connectivity index (χ1n) is 4.57. The standard InChI is InChI=1S/C8H14N4O/c9-8(10)11-3-4-12-6(5-11)1-2-7(12)13/h6H,1-5H2,(H3,9,10). The fourth-order valence-electron chi connectivity index (χ4n) is 2.08. The van der Waals surface area contributed by atoms with Gasteiger partial charge in [-0.2, -0.15) is 0 Å². The largest absolute Gasteiger partial charge is 0.370 e. The van der Waals surface area contributed by atoms with E-state index >= 15 is 0 Å². The van der Waals surface area contributed by atoms with Crippen LogP contribution in [0.25, 0.3) is 0 Å². The lowest BCUT2D eigenvalue weighted by Gasteiger charge is -2.37. The smallest absolute Gasteiger partial charge is 0.223 e. The number of guanidine groups is 1. The van der Waals surface area contributed by atoms with Gasteiger partial charge in [-0.15, -0.1) is 0 Å². The summed E-state index contributed by atoms with van der Waals surface area (Å²) in [5, 5.41) is 7.29. The van der Waals surface area contributed by atoms with Crippen LogP contribution in [0, 0.1) is 5.41 Å². The van der Waals surface area contributed by atoms with Crippen LogP contribution in [0.5, 0.6) is 0 Å². The summed E-state index contributed by atoms with van der Waals surface area (Å²) in [4.78, 5) is 15.1. The topological polar surface area (TPSA) is 73.4 Å². The van der Waals surface area contributed by atoms with E-state index in [0.29, 0.717) is 19.0 Å². The third-order valence-electron chi connectivity index (χ3n) is 2.84. The van der Waals surface area contributed by atoms with Crippen LogP contribution < -0.4 is 5.73 Å². The number of carbonyl (C=O) groups is 1. The molecule has 5 nitrogen and oxygen atoms in total. The number of nitrogens with two attached hydrogens (primary N) is 1.